The van der Waals surface area contributed by atoms with Gasteiger partial charge in [-0.3, -0.25) is 0 Å². The van der Waals surface area contributed by atoms with Crippen LogP contribution in [0.3, 0.4) is 0 Å². The van der Waals surface area contributed by atoms with Gasteiger partial charge in [-0.25, -0.2) is 15.3 Å². The van der Waals surface area contributed by atoms with Crippen molar-refractivity contribution >= 4 is 18.0 Å². The van der Waals surface area contributed by atoms with Crippen LogP contribution >= 0.6 is 0 Å². The van der Waals surface area contributed by atoms with Gasteiger partial charge in [-0.2, -0.15) is 5.10 Å². The summed E-state index contributed by atoms with van der Waals surface area (Å²) in [4.78, 5) is 10.9. The number of nitrogens with one attached hydrogen (secondary N) is 2. The van der Waals surface area contributed by atoms with Gasteiger partial charge >= 0.3 is 5.97 Å². The second kappa shape index (κ2) is 3.35. The van der Waals surface area contributed by atoms with Crippen molar-refractivity contribution in [3.8, 4) is 0 Å². The van der Waals surface area contributed by atoms with Gasteiger partial charge in [0.2, 0.25) is 0 Å². The van der Waals surface area contributed by atoms with E-state index in [4.69, 9.17) is 5.11 Å². The Labute approximate surface area is 79.8 Å². The van der Waals surface area contributed by atoms with Crippen molar-refractivity contribution in [2.75, 3.05) is 5.01 Å². The Bertz CT molecular complexity index is 391. The highest BCUT2D eigenvalue weighted by Crippen LogP contribution is 2.18. The van der Waals surface area contributed by atoms with Crippen LogP contribution in [-0.4, -0.2) is 17.4 Å². The molecule has 0 fully saturated rings. The van der Waals surface area contributed by atoms with Gasteiger partial charge in [0.1, 0.15) is 6.34 Å². The van der Waals surface area contributed by atoms with Crippen LogP contribution in [0.25, 0.3) is 0 Å². The third-order valence-electron chi connectivity index (χ3n) is 1.80. The van der Waals surface area contributed by atoms with E-state index in [1.54, 1.807) is 18.2 Å². The van der Waals surface area contributed by atoms with E-state index in [1.165, 1.54) is 17.4 Å². The molecule has 6 heteroatoms. The fourth-order valence-corrected chi connectivity index (χ4v) is 1.19. The number of hydrazone groups is 1. The first-order valence-electron chi connectivity index (χ1n) is 3.94. The van der Waals surface area contributed by atoms with Gasteiger partial charge in [-0.15, -0.1) is 5.53 Å². The van der Waals surface area contributed by atoms with Crippen LogP contribution < -0.4 is 16.1 Å². The summed E-state index contributed by atoms with van der Waals surface area (Å²) < 4.78 is 0. The Balaban J connectivity index is 2.40. The fraction of sp³-hybridized carbons (Fsp3) is 0. The number of carboxylic acid groups (broad SMARTS) is 1. The number of hydrogen-bond donors (Lipinski definition) is 3. The van der Waals surface area contributed by atoms with E-state index < -0.39 is 5.97 Å². The average Bonchev–Trinajstić information content (AvgIpc) is 2.70. The Morgan fingerprint density at radius 3 is 2.86 bits per heavy atom. The molecule has 0 saturated carbocycles. The van der Waals surface area contributed by atoms with Crippen molar-refractivity contribution in [1.29, 1.82) is 0 Å². The maximum absolute atomic E-state index is 10.9. The molecule has 0 amide bonds. The highest BCUT2D eigenvalue weighted by atomic mass is 16.4. The first kappa shape index (κ1) is 8.52. The minimum Gasteiger partial charge on any atom is -0.478 e. The molecule has 0 bridgehead atoms. The van der Waals surface area contributed by atoms with Gasteiger partial charge in [0.05, 0.1) is 11.3 Å². The maximum Gasteiger partial charge on any atom is 0.337 e. The smallest absolute Gasteiger partial charge is 0.337 e. The van der Waals surface area contributed by atoms with Crippen molar-refractivity contribution in [3.63, 3.8) is 0 Å². The topological polar surface area (TPSA) is 77.0 Å². The number of hydrogen-bond acceptors (Lipinski definition) is 5. The number of aromatic carboxylic acids is 1. The molecule has 1 aliphatic heterocycles. The van der Waals surface area contributed by atoms with Crippen molar-refractivity contribution in [2.24, 2.45) is 5.10 Å². The summed E-state index contributed by atoms with van der Waals surface area (Å²) in [7, 11) is 0. The lowest BCUT2D eigenvalue weighted by Gasteiger charge is -2.15. The zero-order valence-electron chi connectivity index (χ0n) is 7.14. The molecule has 1 aromatic carbocycles. The second-order valence-corrected chi connectivity index (χ2v) is 2.66. The zero-order chi connectivity index (χ0) is 9.97. The number of para-hydroxylation sites is 1. The zero-order valence-corrected chi connectivity index (χ0v) is 7.14. The Kier molecular flexibility index (Phi) is 2.04. The van der Waals surface area contributed by atoms with Crippen molar-refractivity contribution < 1.29 is 9.90 Å². The molecular weight excluding hydrogens is 184 g/mol. The summed E-state index contributed by atoms with van der Waals surface area (Å²) >= 11 is 0. The predicted octanol–water partition coefficient (Wildman–Crippen LogP) is 0.157. The first-order chi connectivity index (χ1) is 6.79. The molecule has 72 valence electrons. The van der Waals surface area contributed by atoms with Crippen molar-refractivity contribution in [3.05, 3.63) is 29.8 Å². The van der Waals surface area contributed by atoms with Gasteiger partial charge in [-0.1, -0.05) is 12.1 Å². The molecule has 3 N–H and O–H groups in total. The van der Waals surface area contributed by atoms with E-state index in [1.807, 2.05) is 0 Å². The summed E-state index contributed by atoms with van der Waals surface area (Å²) in [6.07, 6.45) is 1.46. The van der Waals surface area contributed by atoms with Crippen LogP contribution in [-0.2, 0) is 0 Å². The Hall–Kier alpha value is -2.08. The SMILES string of the molecule is O=C(O)c1ccccc1N1C=NNN1. The van der Waals surface area contributed by atoms with Gasteiger partial charge < -0.3 is 5.11 Å². The van der Waals surface area contributed by atoms with Crippen molar-refractivity contribution in [1.82, 2.24) is 11.1 Å². The molecule has 1 aliphatic rings. The highest BCUT2D eigenvalue weighted by Gasteiger charge is 2.15. The van der Waals surface area contributed by atoms with E-state index in [9.17, 15) is 4.79 Å². The van der Waals surface area contributed by atoms with Gasteiger partial charge in [-0.05, 0) is 12.1 Å². The highest BCUT2D eigenvalue weighted by molar-refractivity contribution is 5.97. The van der Waals surface area contributed by atoms with Crippen LogP contribution in [0.4, 0.5) is 5.69 Å². The molecule has 1 heterocycles. The minimum absolute atomic E-state index is 0.218. The van der Waals surface area contributed by atoms with E-state index in [0.29, 0.717) is 5.69 Å². The number of carbonyl (C=O) groups is 1. The molecule has 0 spiro atoms. The molecule has 1 aromatic rings. The van der Waals surface area contributed by atoms with Crippen molar-refractivity contribution in [2.45, 2.75) is 0 Å². The molecule has 0 aliphatic carbocycles. The third kappa shape index (κ3) is 1.38. The summed E-state index contributed by atoms with van der Waals surface area (Å²) in [5.41, 5.74) is 5.91. The lowest BCUT2D eigenvalue weighted by atomic mass is 10.2. The van der Waals surface area contributed by atoms with Gasteiger partial charge in [0.25, 0.3) is 0 Å². The summed E-state index contributed by atoms with van der Waals surface area (Å²) in [6, 6.07) is 6.66. The van der Waals surface area contributed by atoms with E-state index in [2.05, 4.69) is 16.2 Å². The number of benzene rings is 1. The van der Waals surface area contributed by atoms with Gasteiger partial charge in [0, 0.05) is 0 Å². The summed E-state index contributed by atoms with van der Waals surface area (Å²) in [5, 5.41) is 14.1. The average molecular weight is 192 g/mol. The summed E-state index contributed by atoms with van der Waals surface area (Å²) in [5.74, 6) is -0.970. The van der Waals surface area contributed by atoms with Crippen LogP contribution in [0, 0.1) is 0 Å². The Morgan fingerprint density at radius 1 is 1.43 bits per heavy atom. The lowest BCUT2D eigenvalue weighted by Crippen LogP contribution is -2.38. The van der Waals surface area contributed by atoms with Crippen LogP contribution in [0.2, 0.25) is 0 Å². The second-order valence-electron chi connectivity index (χ2n) is 2.66. The lowest BCUT2D eigenvalue weighted by molar-refractivity contribution is 0.0697. The maximum atomic E-state index is 10.9. The standard InChI is InChI=1S/C8H8N4O2/c13-8(14)6-3-1-2-4-7(6)12-5-9-10-11-12/h1-5,10-11H,(H,13,14). The quantitative estimate of drug-likeness (QED) is 0.622. The van der Waals surface area contributed by atoms with Crippen LogP contribution in [0.1, 0.15) is 10.4 Å². The predicted molar refractivity (Wildman–Crippen MR) is 50.6 cm³/mol. The number of anilines is 1. The van der Waals surface area contributed by atoms with E-state index >= 15 is 0 Å². The monoisotopic (exact) mass is 192 g/mol. The molecule has 2 rings (SSSR count). The van der Waals surface area contributed by atoms with E-state index in [0.717, 1.165) is 0 Å². The molecule has 6 nitrogen and oxygen atoms in total. The molecule has 0 unspecified atom stereocenters. The number of carboxylic acids is 1. The third-order valence-corrected chi connectivity index (χ3v) is 1.80. The molecule has 0 aromatic heterocycles. The van der Waals surface area contributed by atoms with Crippen LogP contribution in [0.5, 0.6) is 0 Å². The normalized spacial score (nSPS) is 14.1. The molecular formula is C8H8N4O2. The molecule has 0 radical (unpaired) electrons. The fourth-order valence-electron chi connectivity index (χ4n) is 1.19. The number of rotatable bonds is 2. The van der Waals surface area contributed by atoms with Crippen LogP contribution in [0.15, 0.2) is 29.4 Å². The number of hydrazine groups is 2. The molecule has 0 saturated heterocycles. The van der Waals surface area contributed by atoms with Gasteiger partial charge in [0.15, 0.2) is 0 Å². The minimum atomic E-state index is -0.970. The van der Waals surface area contributed by atoms with E-state index in [-0.39, 0.29) is 5.56 Å². The molecule has 14 heavy (non-hydrogen) atoms. The largest absolute Gasteiger partial charge is 0.478 e. The number of nitrogens with zero attached hydrogens (tertiary/aromatic N) is 2. The first-order valence-corrected chi connectivity index (χ1v) is 3.94. The Morgan fingerprint density at radius 2 is 2.21 bits per heavy atom. The molecule has 0 atom stereocenters. The summed E-state index contributed by atoms with van der Waals surface area (Å²) in [6.45, 7) is 0.